The number of rotatable bonds is 9. The van der Waals surface area contributed by atoms with Crippen molar-refractivity contribution in [2.45, 2.75) is 32.4 Å². The molecule has 1 N–H and O–H groups in total. The van der Waals surface area contributed by atoms with E-state index in [1.54, 1.807) is 18.2 Å². The maximum atomic E-state index is 15.7. The highest BCUT2D eigenvalue weighted by Gasteiger charge is 2.44. The van der Waals surface area contributed by atoms with Crippen molar-refractivity contribution in [2.75, 3.05) is 19.6 Å². The van der Waals surface area contributed by atoms with Crippen LogP contribution in [0.2, 0.25) is 0 Å². The third-order valence-corrected chi connectivity index (χ3v) is 9.09. The number of halogens is 3. The van der Waals surface area contributed by atoms with Crippen LogP contribution in [0.5, 0.6) is 5.88 Å². The fourth-order valence-electron chi connectivity index (χ4n) is 6.60. The predicted octanol–water partition coefficient (Wildman–Crippen LogP) is 6.35. The summed E-state index contributed by atoms with van der Waals surface area (Å²) in [5, 5.41) is 18.5. The Kier molecular flexibility index (Phi) is 7.45. The van der Waals surface area contributed by atoms with Gasteiger partial charge in [0.25, 0.3) is 0 Å². The molecule has 2 saturated heterocycles. The van der Waals surface area contributed by atoms with Crippen molar-refractivity contribution < 1.29 is 27.8 Å². The van der Waals surface area contributed by atoms with Crippen LogP contribution in [0.25, 0.3) is 22.3 Å². The lowest BCUT2D eigenvalue weighted by Gasteiger charge is -2.27. The summed E-state index contributed by atoms with van der Waals surface area (Å²) >= 11 is 0. The molecule has 0 amide bonds. The monoisotopic (exact) mass is 623 g/mol. The van der Waals surface area contributed by atoms with Gasteiger partial charge in [-0.05, 0) is 80.0 Å². The van der Waals surface area contributed by atoms with Gasteiger partial charge in [-0.1, -0.05) is 12.1 Å². The Morgan fingerprint density at radius 3 is 2.48 bits per heavy atom. The Morgan fingerprint density at radius 2 is 1.76 bits per heavy atom. The van der Waals surface area contributed by atoms with E-state index >= 15 is 8.78 Å². The Hall–Kier alpha value is -5.21. The van der Waals surface area contributed by atoms with E-state index in [-0.39, 0.29) is 57.8 Å². The van der Waals surface area contributed by atoms with Gasteiger partial charge in [-0.2, -0.15) is 5.26 Å². The maximum Gasteiger partial charge on any atom is 0.335 e. The Bertz CT molecular complexity index is 2050. The summed E-state index contributed by atoms with van der Waals surface area (Å²) in [6.45, 7) is 3.41. The highest BCUT2D eigenvalue weighted by atomic mass is 19.1. The van der Waals surface area contributed by atoms with Crippen molar-refractivity contribution in [3.05, 3.63) is 112 Å². The lowest BCUT2D eigenvalue weighted by atomic mass is 9.84. The van der Waals surface area contributed by atoms with Gasteiger partial charge in [0.2, 0.25) is 5.88 Å². The zero-order valence-electron chi connectivity index (χ0n) is 24.6. The fourth-order valence-corrected chi connectivity index (χ4v) is 6.60. The molecule has 0 radical (unpaired) electrons. The second kappa shape index (κ2) is 11.6. The van der Waals surface area contributed by atoms with Crippen molar-refractivity contribution in [1.29, 1.82) is 5.26 Å². The predicted molar refractivity (Wildman–Crippen MR) is 163 cm³/mol. The summed E-state index contributed by atoms with van der Waals surface area (Å²) in [5.41, 5.74) is 2.02. The van der Waals surface area contributed by atoms with Crippen LogP contribution >= 0.6 is 0 Å². The van der Waals surface area contributed by atoms with Crippen molar-refractivity contribution in [1.82, 2.24) is 19.4 Å². The summed E-state index contributed by atoms with van der Waals surface area (Å²) in [6, 6.07) is 17.5. The van der Waals surface area contributed by atoms with E-state index in [0.717, 1.165) is 50.7 Å². The number of carboxylic acid groups (broad SMARTS) is 1. The molecule has 7 rings (SSSR count). The molecular weight excluding hydrogens is 595 g/mol. The fraction of sp³-hybridized carbons (Fsp3) is 0.257. The number of aromatic carboxylic acids is 1. The first kappa shape index (κ1) is 29.5. The van der Waals surface area contributed by atoms with Gasteiger partial charge in [0.1, 0.15) is 29.9 Å². The van der Waals surface area contributed by atoms with Crippen molar-refractivity contribution >= 4 is 17.0 Å². The van der Waals surface area contributed by atoms with Crippen molar-refractivity contribution in [3.63, 3.8) is 0 Å². The molecule has 2 fully saturated rings. The van der Waals surface area contributed by atoms with Crippen LogP contribution in [-0.4, -0.2) is 50.1 Å². The van der Waals surface area contributed by atoms with E-state index in [1.165, 1.54) is 30.3 Å². The third kappa shape index (κ3) is 5.56. The SMILES string of the molecule is N#Cc1ccc(COc2cccc(-c3cc(F)c(Cc4nc5ccc(C(=O)O)cc5n4CC45CCN(CC4)C5)cc3F)n2)c(F)c1. The summed E-state index contributed by atoms with van der Waals surface area (Å²) in [5.74, 6) is -2.34. The highest BCUT2D eigenvalue weighted by Crippen LogP contribution is 2.43. The minimum Gasteiger partial charge on any atom is -0.478 e. The number of pyridine rings is 1. The van der Waals surface area contributed by atoms with E-state index in [4.69, 9.17) is 15.0 Å². The van der Waals surface area contributed by atoms with Gasteiger partial charge in [-0.15, -0.1) is 0 Å². The Balaban J connectivity index is 1.17. The lowest BCUT2D eigenvalue weighted by molar-refractivity contribution is 0.0697. The number of carboxylic acids is 1. The number of nitrogens with zero attached hydrogens (tertiary/aromatic N) is 5. The van der Waals surface area contributed by atoms with Crippen LogP contribution in [0.1, 0.15) is 45.7 Å². The zero-order valence-corrected chi connectivity index (χ0v) is 24.6. The third-order valence-electron chi connectivity index (χ3n) is 9.09. The van der Waals surface area contributed by atoms with Crippen molar-refractivity contribution in [3.8, 4) is 23.2 Å². The van der Waals surface area contributed by atoms with Gasteiger partial charge in [0.15, 0.2) is 0 Å². The van der Waals surface area contributed by atoms with Crippen molar-refractivity contribution in [2.24, 2.45) is 5.41 Å². The van der Waals surface area contributed by atoms with Gasteiger partial charge in [-0.3, -0.25) is 0 Å². The number of ether oxygens (including phenoxy) is 1. The molecule has 2 aliphatic heterocycles. The van der Waals surface area contributed by atoms with Gasteiger partial charge in [0.05, 0.1) is 33.9 Å². The molecule has 4 heterocycles. The average Bonchev–Trinajstić information content (AvgIpc) is 3.75. The first-order valence-corrected chi connectivity index (χ1v) is 14.9. The topological polar surface area (TPSA) is 104 Å². The van der Waals surface area contributed by atoms with Crippen LogP contribution in [0.3, 0.4) is 0 Å². The zero-order chi connectivity index (χ0) is 32.0. The Labute approximate surface area is 262 Å². The highest BCUT2D eigenvalue weighted by molar-refractivity contribution is 5.92. The van der Waals surface area contributed by atoms with E-state index in [2.05, 4.69) is 9.88 Å². The number of piperidine rings is 1. The molecule has 2 aromatic heterocycles. The lowest BCUT2D eigenvalue weighted by Crippen LogP contribution is -2.26. The second-order valence-electron chi connectivity index (χ2n) is 12.1. The maximum absolute atomic E-state index is 15.7. The smallest absolute Gasteiger partial charge is 0.335 e. The largest absolute Gasteiger partial charge is 0.478 e. The number of nitriles is 1. The number of hydrogen-bond acceptors (Lipinski definition) is 6. The molecule has 2 bridgehead atoms. The normalized spacial score (nSPS) is 18.6. The summed E-state index contributed by atoms with van der Waals surface area (Å²) in [6.07, 6.45) is 2.04. The molecule has 232 valence electrons. The van der Waals surface area contributed by atoms with Crippen LogP contribution < -0.4 is 4.74 Å². The molecule has 0 atom stereocenters. The second-order valence-corrected chi connectivity index (χ2v) is 12.1. The molecule has 46 heavy (non-hydrogen) atoms. The van der Waals surface area contributed by atoms with Crippen LogP contribution in [0.15, 0.2) is 66.7 Å². The molecule has 8 nitrogen and oxygen atoms in total. The van der Waals surface area contributed by atoms with Gasteiger partial charge in [0, 0.05) is 42.1 Å². The number of aromatic nitrogens is 3. The summed E-state index contributed by atoms with van der Waals surface area (Å²) in [7, 11) is 0. The average molecular weight is 624 g/mol. The van der Waals surface area contributed by atoms with E-state index in [0.29, 0.717) is 23.4 Å². The van der Waals surface area contributed by atoms with Crippen LogP contribution in [0.4, 0.5) is 13.2 Å². The summed E-state index contributed by atoms with van der Waals surface area (Å²) in [4.78, 5) is 23.2. The first-order chi connectivity index (χ1) is 22.2. The molecule has 3 aromatic carbocycles. The first-order valence-electron chi connectivity index (χ1n) is 14.9. The van der Waals surface area contributed by atoms with Crippen LogP contribution in [-0.2, 0) is 19.6 Å². The quantitative estimate of drug-likeness (QED) is 0.204. The number of hydrogen-bond donors (Lipinski definition) is 1. The Morgan fingerprint density at radius 1 is 0.957 bits per heavy atom. The molecule has 0 unspecified atom stereocenters. The number of carbonyl (C=O) groups is 1. The number of fused-ring (bicyclic) bond motifs is 3. The van der Waals surface area contributed by atoms with E-state index in [1.807, 2.05) is 10.6 Å². The minimum atomic E-state index is -1.05. The molecule has 0 aliphatic carbocycles. The van der Waals surface area contributed by atoms with Crippen LogP contribution in [0, 0.1) is 34.2 Å². The number of benzene rings is 3. The molecular formula is C35H28F3N5O3. The summed E-state index contributed by atoms with van der Waals surface area (Å²) < 4.78 is 53.2. The molecule has 11 heteroatoms. The van der Waals surface area contributed by atoms with Gasteiger partial charge in [-0.25, -0.2) is 27.9 Å². The molecule has 0 spiro atoms. The molecule has 0 saturated carbocycles. The minimum absolute atomic E-state index is 0.00659. The van der Waals surface area contributed by atoms with Gasteiger partial charge < -0.3 is 19.3 Å². The van der Waals surface area contributed by atoms with E-state index < -0.39 is 23.4 Å². The molecule has 5 aromatic rings. The number of imidazole rings is 1. The standard InChI is InChI=1S/C35H28F3N5O3/c36-26-12-21(17-39)4-5-23(26)18-46-33-3-1-2-29(41-33)25-16-27(37)24(13-28(25)38)15-32-40-30-7-6-22(34(44)45)14-31(30)43(32)20-35-8-10-42(19-35)11-9-35/h1-7,12-14,16H,8-11,15,18-20H2,(H,44,45). The molecule has 2 aliphatic rings. The van der Waals surface area contributed by atoms with Gasteiger partial charge >= 0.3 is 5.97 Å². The van der Waals surface area contributed by atoms with E-state index in [9.17, 15) is 14.3 Å².